The van der Waals surface area contributed by atoms with Crippen LogP contribution in [0.1, 0.15) is 19.0 Å². The first-order valence-electron chi connectivity index (χ1n) is 6.58. The van der Waals surface area contributed by atoms with E-state index >= 15 is 0 Å². The smallest absolute Gasteiger partial charge is 0.158 e. The van der Waals surface area contributed by atoms with Gasteiger partial charge in [0, 0.05) is 35.8 Å². The number of hydrogen-bond donors (Lipinski definition) is 2. The molecule has 20 heavy (non-hydrogen) atoms. The molecule has 3 rings (SSSR count). The molecule has 0 fully saturated rings. The first-order valence-corrected chi connectivity index (χ1v) is 6.58. The molecule has 0 saturated carbocycles. The monoisotopic (exact) mass is 268 g/mol. The molecule has 102 valence electrons. The van der Waals surface area contributed by atoms with Gasteiger partial charge in [0.1, 0.15) is 5.82 Å². The molecule has 0 aliphatic rings. The largest absolute Gasteiger partial charge is 0.308 e. The summed E-state index contributed by atoms with van der Waals surface area (Å²) in [5.41, 5.74) is 6.25. The van der Waals surface area contributed by atoms with E-state index in [9.17, 15) is 0 Å². The second-order valence-corrected chi connectivity index (χ2v) is 4.57. The third-order valence-corrected chi connectivity index (χ3v) is 3.09. The van der Waals surface area contributed by atoms with Gasteiger partial charge in [-0.05, 0) is 18.6 Å². The van der Waals surface area contributed by atoms with Gasteiger partial charge in [0.2, 0.25) is 0 Å². The van der Waals surface area contributed by atoms with E-state index in [0.717, 1.165) is 41.3 Å². The number of aromatic nitrogens is 4. The number of nitrogens with zero attached hydrogens (tertiary/aromatic N) is 4. The molecule has 0 unspecified atom stereocenters. The van der Waals surface area contributed by atoms with Crippen molar-refractivity contribution in [3.8, 4) is 11.3 Å². The molecule has 0 aromatic carbocycles. The number of rotatable bonds is 4. The third-order valence-electron chi connectivity index (χ3n) is 3.09. The summed E-state index contributed by atoms with van der Waals surface area (Å²) in [6.07, 6.45) is 5.48. The number of fused-ring (bicyclic) bond motifs is 1. The molecule has 0 radical (unpaired) electrons. The molecule has 3 N–H and O–H groups in total. The van der Waals surface area contributed by atoms with Crippen LogP contribution in [0.15, 0.2) is 36.7 Å². The average Bonchev–Trinajstić information content (AvgIpc) is 2.91. The number of hydrazine groups is 1. The highest BCUT2D eigenvalue weighted by Gasteiger charge is 2.10. The summed E-state index contributed by atoms with van der Waals surface area (Å²) in [4.78, 5) is 8.72. The number of pyridine rings is 1. The molecule has 0 aliphatic heterocycles. The Hall–Kier alpha value is -2.47. The lowest BCUT2D eigenvalue weighted by atomic mass is 10.2. The SMILES string of the molecule is CCCc1cc(NN)n2nc(-c3cccnc3)cc2n1. The molecular weight excluding hydrogens is 252 g/mol. The van der Waals surface area contributed by atoms with Crippen molar-refractivity contribution in [3.63, 3.8) is 0 Å². The predicted molar refractivity (Wildman–Crippen MR) is 78.0 cm³/mol. The van der Waals surface area contributed by atoms with Gasteiger partial charge in [-0.1, -0.05) is 13.3 Å². The van der Waals surface area contributed by atoms with Crippen LogP contribution >= 0.6 is 0 Å². The van der Waals surface area contributed by atoms with Crippen LogP contribution in [-0.4, -0.2) is 19.6 Å². The van der Waals surface area contributed by atoms with Gasteiger partial charge in [-0.25, -0.2) is 10.8 Å². The Morgan fingerprint density at radius 3 is 2.95 bits per heavy atom. The zero-order valence-electron chi connectivity index (χ0n) is 11.2. The highest BCUT2D eigenvalue weighted by molar-refractivity contribution is 5.64. The van der Waals surface area contributed by atoms with Gasteiger partial charge in [0.15, 0.2) is 5.65 Å². The van der Waals surface area contributed by atoms with Gasteiger partial charge in [-0.15, -0.1) is 0 Å². The highest BCUT2D eigenvalue weighted by atomic mass is 15.4. The maximum Gasteiger partial charge on any atom is 0.158 e. The van der Waals surface area contributed by atoms with Gasteiger partial charge in [-0.2, -0.15) is 9.61 Å². The van der Waals surface area contributed by atoms with E-state index in [1.165, 1.54) is 0 Å². The number of nitrogens with two attached hydrogens (primary N) is 1. The Morgan fingerprint density at radius 2 is 2.25 bits per heavy atom. The molecular formula is C14H16N6. The van der Waals surface area contributed by atoms with Crippen LogP contribution in [-0.2, 0) is 6.42 Å². The zero-order valence-corrected chi connectivity index (χ0v) is 11.2. The molecule has 3 aromatic heterocycles. The Morgan fingerprint density at radius 1 is 1.35 bits per heavy atom. The lowest BCUT2D eigenvalue weighted by molar-refractivity contribution is 0.859. The summed E-state index contributed by atoms with van der Waals surface area (Å²) in [5.74, 6) is 6.31. The Balaban J connectivity index is 2.14. The van der Waals surface area contributed by atoms with Crippen LogP contribution in [0.2, 0.25) is 0 Å². The van der Waals surface area contributed by atoms with Crippen LogP contribution < -0.4 is 11.3 Å². The topological polar surface area (TPSA) is 81.1 Å². The Kier molecular flexibility index (Phi) is 3.30. The van der Waals surface area contributed by atoms with Crippen molar-refractivity contribution in [3.05, 3.63) is 42.4 Å². The fourth-order valence-electron chi connectivity index (χ4n) is 2.17. The van der Waals surface area contributed by atoms with E-state index < -0.39 is 0 Å². The van der Waals surface area contributed by atoms with Crippen LogP contribution in [0.25, 0.3) is 16.9 Å². The summed E-state index contributed by atoms with van der Waals surface area (Å²) in [6.45, 7) is 2.12. The molecule has 0 aliphatic carbocycles. The van der Waals surface area contributed by atoms with E-state index in [1.807, 2.05) is 24.3 Å². The van der Waals surface area contributed by atoms with E-state index in [-0.39, 0.29) is 0 Å². The molecule has 3 heterocycles. The lowest BCUT2D eigenvalue weighted by Gasteiger charge is -2.05. The highest BCUT2D eigenvalue weighted by Crippen LogP contribution is 2.21. The average molecular weight is 268 g/mol. The number of nitrogens with one attached hydrogen (secondary N) is 1. The summed E-state index contributed by atoms with van der Waals surface area (Å²) in [5, 5.41) is 4.53. The minimum atomic E-state index is 0.730. The summed E-state index contributed by atoms with van der Waals surface area (Å²) in [6, 6.07) is 7.72. The molecule has 3 aromatic rings. The van der Waals surface area contributed by atoms with Crippen molar-refractivity contribution in [2.75, 3.05) is 5.43 Å². The van der Waals surface area contributed by atoms with Crippen LogP contribution in [0.4, 0.5) is 5.82 Å². The second kappa shape index (κ2) is 5.26. The molecule has 6 nitrogen and oxygen atoms in total. The fraction of sp³-hybridized carbons (Fsp3) is 0.214. The molecule has 0 atom stereocenters. The van der Waals surface area contributed by atoms with Gasteiger partial charge < -0.3 is 5.43 Å². The molecule has 0 bridgehead atoms. The van der Waals surface area contributed by atoms with Crippen molar-refractivity contribution in [2.24, 2.45) is 5.84 Å². The van der Waals surface area contributed by atoms with Crippen molar-refractivity contribution < 1.29 is 0 Å². The van der Waals surface area contributed by atoms with E-state index in [2.05, 4.69) is 27.4 Å². The maximum atomic E-state index is 5.58. The zero-order chi connectivity index (χ0) is 13.9. The van der Waals surface area contributed by atoms with E-state index in [0.29, 0.717) is 0 Å². The molecule has 0 spiro atoms. The number of aryl methyl sites for hydroxylation is 1. The maximum absolute atomic E-state index is 5.58. The van der Waals surface area contributed by atoms with Gasteiger partial charge in [0.25, 0.3) is 0 Å². The Bertz CT molecular complexity index is 719. The second-order valence-electron chi connectivity index (χ2n) is 4.57. The predicted octanol–water partition coefficient (Wildman–Crippen LogP) is 2.03. The number of hydrogen-bond acceptors (Lipinski definition) is 5. The van der Waals surface area contributed by atoms with Crippen molar-refractivity contribution in [1.82, 2.24) is 19.6 Å². The minimum absolute atomic E-state index is 0.730. The van der Waals surface area contributed by atoms with Gasteiger partial charge >= 0.3 is 0 Å². The van der Waals surface area contributed by atoms with Crippen molar-refractivity contribution in [2.45, 2.75) is 19.8 Å². The van der Waals surface area contributed by atoms with E-state index in [1.54, 1.807) is 16.9 Å². The fourth-order valence-corrected chi connectivity index (χ4v) is 2.17. The summed E-state index contributed by atoms with van der Waals surface area (Å²) < 4.78 is 1.71. The molecule has 0 saturated heterocycles. The van der Waals surface area contributed by atoms with Crippen LogP contribution in [0.3, 0.4) is 0 Å². The number of nitrogen functional groups attached to an aromatic ring is 1. The van der Waals surface area contributed by atoms with Gasteiger partial charge in [0.05, 0.1) is 5.69 Å². The summed E-state index contributed by atoms with van der Waals surface area (Å²) in [7, 11) is 0. The quantitative estimate of drug-likeness (QED) is 0.559. The normalized spacial score (nSPS) is 10.9. The first-order chi connectivity index (χ1) is 9.81. The standard InChI is InChI=1S/C14H16N6/c1-2-4-11-7-14(18-15)20-13(17-11)8-12(19-20)10-5-3-6-16-9-10/h3,5-9,18H,2,4,15H2,1H3. The van der Waals surface area contributed by atoms with E-state index in [4.69, 9.17) is 5.84 Å². The van der Waals surface area contributed by atoms with Crippen LogP contribution in [0, 0.1) is 0 Å². The van der Waals surface area contributed by atoms with Crippen LogP contribution in [0.5, 0.6) is 0 Å². The Labute approximate surface area is 116 Å². The molecule has 6 heteroatoms. The minimum Gasteiger partial charge on any atom is -0.308 e. The van der Waals surface area contributed by atoms with Gasteiger partial charge in [-0.3, -0.25) is 4.98 Å². The number of anilines is 1. The van der Waals surface area contributed by atoms with Crippen molar-refractivity contribution >= 4 is 11.5 Å². The lowest BCUT2D eigenvalue weighted by Crippen LogP contribution is -2.13. The molecule has 0 amide bonds. The third kappa shape index (κ3) is 2.21. The van der Waals surface area contributed by atoms with Crippen molar-refractivity contribution in [1.29, 1.82) is 0 Å². The first kappa shape index (κ1) is 12.6. The summed E-state index contributed by atoms with van der Waals surface area (Å²) >= 11 is 0.